The number of halogens is 3. The molecule has 3 N–H and O–H groups in total. The maximum atomic E-state index is 13.0. The summed E-state index contributed by atoms with van der Waals surface area (Å²) in [7, 11) is 0. The Balaban J connectivity index is 2.32. The van der Waals surface area contributed by atoms with E-state index in [1.807, 2.05) is 6.92 Å². The molecule has 21 heavy (non-hydrogen) atoms. The van der Waals surface area contributed by atoms with Gasteiger partial charge >= 0.3 is 6.03 Å². The third-order valence-electron chi connectivity index (χ3n) is 2.86. The van der Waals surface area contributed by atoms with Crippen LogP contribution < -0.4 is 10.6 Å². The van der Waals surface area contributed by atoms with E-state index in [-0.39, 0.29) is 25.1 Å². The molecular weight excluding hydrogens is 285 g/mol. The Kier molecular flexibility index (Phi) is 7.01. The van der Waals surface area contributed by atoms with Gasteiger partial charge in [0.2, 0.25) is 0 Å². The molecule has 0 aliphatic heterocycles. The summed E-state index contributed by atoms with van der Waals surface area (Å²) in [6.45, 7) is 2.20. The first-order valence-corrected chi connectivity index (χ1v) is 6.77. The fourth-order valence-corrected chi connectivity index (χ4v) is 1.78. The highest BCUT2D eigenvalue weighted by Crippen LogP contribution is 2.13. The normalized spacial score (nSPS) is 12.0. The van der Waals surface area contributed by atoms with E-state index >= 15 is 0 Å². The molecule has 0 saturated carbocycles. The van der Waals surface area contributed by atoms with Crippen molar-refractivity contribution in [1.82, 2.24) is 10.6 Å². The lowest BCUT2D eigenvalue weighted by molar-refractivity contribution is 0.160. The molecule has 0 radical (unpaired) electrons. The SMILES string of the molecule is CCCC(O)CNC(=O)NCCc1cc(F)c(F)c(F)c1. The number of nitrogens with one attached hydrogen (secondary N) is 2. The van der Waals surface area contributed by atoms with Crippen molar-refractivity contribution in [3.63, 3.8) is 0 Å². The molecule has 0 saturated heterocycles. The zero-order valence-corrected chi connectivity index (χ0v) is 11.8. The second-order valence-electron chi connectivity index (χ2n) is 4.70. The molecule has 0 fully saturated rings. The van der Waals surface area contributed by atoms with Crippen molar-refractivity contribution >= 4 is 6.03 Å². The average molecular weight is 304 g/mol. The summed E-state index contributed by atoms with van der Waals surface area (Å²) in [6, 6.07) is 1.31. The van der Waals surface area contributed by atoms with Crippen molar-refractivity contribution < 1.29 is 23.1 Å². The van der Waals surface area contributed by atoms with E-state index in [0.717, 1.165) is 18.6 Å². The molecule has 0 heterocycles. The van der Waals surface area contributed by atoms with Crippen LogP contribution >= 0.6 is 0 Å². The van der Waals surface area contributed by atoms with E-state index < -0.39 is 29.6 Å². The molecule has 1 unspecified atom stereocenters. The van der Waals surface area contributed by atoms with Crippen LogP contribution in [-0.4, -0.2) is 30.3 Å². The zero-order chi connectivity index (χ0) is 15.8. The minimum atomic E-state index is -1.51. The molecule has 1 rings (SSSR count). The minimum Gasteiger partial charge on any atom is -0.391 e. The predicted octanol–water partition coefficient (Wildman–Crippen LogP) is 2.11. The quantitative estimate of drug-likeness (QED) is 0.676. The third kappa shape index (κ3) is 6.03. The monoisotopic (exact) mass is 304 g/mol. The first-order valence-electron chi connectivity index (χ1n) is 6.77. The Bertz CT molecular complexity index is 460. The summed E-state index contributed by atoms with van der Waals surface area (Å²) in [5.41, 5.74) is 0.248. The maximum absolute atomic E-state index is 13.0. The van der Waals surface area contributed by atoms with Gasteiger partial charge in [0.15, 0.2) is 17.5 Å². The number of aliphatic hydroxyl groups is 1. The van der Waals surface area contributed by atoms with Crippen LogP contribution in [0, 0.1) is 17.5 Å². The molecule has 0 aliphatic carbocycles. The van der Waals surface area contributed by atoms with Gasteiger partial charge in [0.1, 0.15) is 0 Å². The smallest absolute Gasteiger partial charge is 0.314 e. The summed E-state index contributed by atoms with van der Waals surface area (Å²) in [6.07, 6.45) is 0.973. The van der Waals surface area contributed by atoms with Crippen LogP contribution in [0.3, 0.4) is 0 Å². The molecule has 2 amide bonds. The molecule has 0 aliphatic rings. The van der Waals surface area contributed by atoms with E-state index in [1.165, 1.54) is 0 Å². The Morgan fingerprint density at radius 2 is 1.86 bits per heavy atom. The van der Waals surface area contributed by atoms with Crippen LogP contribution in [0.1, 0.15) is 25.3 Å². The Morgan fingerprint density at radius 1 is 1.24 bits per heavy atom. The van der Waals surface area contributed by atoms with Crippen molar-refractivity contribution in [2.75, 3.05) is 13.1 Å². The topological polar surface area (TPSA) is 61.4 Å². The molecule has 0 spiro atoms. The van der Waals surface area contributed by atoms with Gasteiger partial charge in [0.05, 0.1) is 6.10 Å². The molecule has 0 aromatic heterocycles. The lowest BCUT2D eigenvalue weighted by Crippen LogP contribution is -2.40. The van der Waals surface area contributed by atoms with Gasteiger partial charge in [-0.1, -0.05) is 13.3 Å². The van der Waals surface area contributed by atoms with Crippen LogP contribution in [0.25, 0.3) is 0 Å². The van der Waals surface area contributed by atoms with Crippen LogP contribution in [0.5, 0.6) is 0 Å². The van der Waals surface area contributed by atoms with Gasteiger partial charge in [-0.2, -0.15) is 0 Å². The molecule has 1 atom stereocenters. The van der Waals surface area contributed by atoms with Crippen molar-refractivity contribution in [3.8, 4) is 0 Å². The summed E-state index contributed by atoms with van der Waals surface area (Å²) in [5, 5.41) is 14.4. The van der Waals surface area contributed by atoms with Crippen LogP contribution in [-0.2, 0) is 6.42 Å². The largest absolute Gasteiger partial charge is 0.391 e. The standard InChI is InChI=1S/C14H19F3N2O2/c1-2-3-10(20)8-19-14(21)18-5-4-9-6-11(15)13(17)12(16)7-9/h6-7,10,20H,2-5,8H2,1H3,(H2,18,19,21). The number of carbonyl (C=O) groups is 1. The molecule has 4 nitrogen and oxygen atoms in total. The van der Waals surface area contributed by atoms with E-state index in [1.54, 1.807) is 0 Å². The van der Waals surface area contributed by atoms with Gasteiger partial charge in [0.25, 0.3) is 0 Å². The van der Waals surface area contributed by atoms with Crippen LogP contribution in [0.4, 0.5) is 18.0 Å². The molecule has 1 aromatic rings. The molecule has 0 bridgehead atoms. The lowest BCUT2D eigenvalue weighted by atomic mass is 10.1. The maximum Gasteiger partial charge on any atom is 0.314 e. The summed E-state index contributed by atoms with van der Waals surface area (Å²) in [4.78, 5) is 11.4. The van der Waals surface area contributed by atoms with Gasteiger partial charge in [-0.05, 0) is 30.5 Å². The summed E-state index contributed by atoms with van der Waals surface area (Å²) in [5.74, 6) is -4.01. The fourth-order valence-electron chi connectivity index (χ4n) is 1.78. The number of benzene rings is 1. The predicted molar refractivity (Wildman–Crippen MR) is 72.3 cm³/mol. The molecule has 1 aromatic carbocycles. The van der Waals surface area contributed by atoms with Crippen molar-refractivity contribution in [2.24, 2.45) is 0 Å². The zero-order valence-electron chi connectivity index (χ0n) is 11.8. The molecular formula is C14H19F3N2O2. The van der Waals surface area contributed by atoms with E-state index in [0.29, 0.717) is 6.42 Å². The molecule has 7 heteroatoms. The van der Waals surface area contributed by atoms with E-state index in [9.17, 15) is 23.1 Å². The number of aliphatic hydroxyl groups excluding tert-OH is 1. The van der Waals surface area contributed by atoms with Crippen LogP contribution in [0.15, 0.2) is 12.1 Å². The van der Waals surface area contributed by atoms with Crippen molar-refractivity contribution in [3.05, 3.63) is 35.1 Å². The highest BCUT2D eigenvalue weighted by atomic mass is 19.2. The Morgan fingerprint density at radius 3 is 2.43 bits per heavy atom. The number of amides is 2. The minimum absolute atomic E-state index is 0.138. The first kappa shape index (κ1) is 17.3. The molecule has 118 valence electrons. The second kappa shape index (κ2) is 8.51. The Hall–Kier alpha value is -1.76. The number of carbonyl (C=O) groups excluding carboxylic acids is 1. The van der Waals surface area contributed by atoms with E-state index in [4.69, 9.17) is 0 Å². The number of rotatable bonds is 7. The van der Waals surface area contributed by atoms with E-state index in [2.05, 4.69) is 10.6 Å². The first-order chi connectivity index (χ1) is 9.93. The van der Waals surface area contributed by atoms with Gasteiger partial charge in [-0.25, -0.2) is 18.0 Å². The number of hydrogen-bond donors (Lipinski definition) is 3. The van der Waals surface area contributed by atoms with Crippen molar-refractivity contribution in [2.45, 2.75) is 32.3 Å². The van der Waals surface area contributed by atoms with Gasteiger partial charge in [-0.15, -0.1) is 0 Å². The van der Waals surface area contributed by atoms with Gasteiger partial charge in [-0.3, -0.25) is 0 Å². The number of hydrogen-bond acceptors (Lipinski definition) is 2. The van der Waals surface area contributed by atoms with Gasteiger partial charge < -0.3 is 15.7 Å². The second-order valence-corrected chi connectivity index (χ2v) is 4.70. The highest BCUT2D eigenvalue weighted by molar-refractivity contribution is 5.73. The average Bonchev–Trinajstić information content (AvgIpc) is 2.43. The van der Waals surface area contributed by atoms with Crippen LogP contribution in [0.2, 0.25) is 0 Å². The lowest BCUT2D eigenvalue weighted by Gasteiger charge is -2.11. The third-order valence-corrected chi connectivity index (χ3v) is 2.86. The van der Waals surface area contributed by atoms with Crippen molar-refractivity contribution in [1.29, 1.82) is 0 Å². The summed E-state index contributed by atoms with van der Waals surface area (Å²) < 4.78 is 38.7. The Labute approximate surface area is 121 Å². The highest BCUT2D eigenvalue weighted by Gasteiger charge is 2.10. The summed E-state index contributed by atoms with van der Waals surface area (Å²) >= 11 is 0. The fraction of sp³-hybridized carbons (Fsp3) is 0.500. The van der Waals surface area contributed by atoms with Gasteiger partial charge in [0, 0.05) is 13.1 Å². The number of urea groups is 1.